The number of halogens is 4. The van der Waals surface area contributed by atoms with Crippen molar-refractivity contribution in [2.24, 2.45) is 0 Å². The molecule has 3 aromatic heterocycles. The van der Waals surface area contributed by atoms with E-state index in [9.17, 15) is 13.2 Å². The summed E-state index contributed by atoms with van der Waals surface area (Å²) in [7, 11) is 0. The van der Waals surface area contributed by atoms with Gasteiger partial charge in [-0.05, 0) is 24.3 Å². The summed E-state index contributed by atoms with van der Waals surface area (Å²) in [5.74, 6) is 0. The zero-order valence-electron chi connectivity index (χ0n) is 10.8. The van der Waals surface area contributed by atoms with Crippen molar-refractivity contribution in [2.45, 2.75) is 6.18 Å². The summed E-state index contributed by atoms with van der Waals surface area (Å²) < 4.78 is 39.3. The molecule has 0 spiro atoms. The fourth-order valence-electron chi connectivity index (χ4n) is 2.03. The van der Waals surface area contributed by atoms with Crippen molar-refractivity contribution in [2.75, 3.05) is 0 Å². The van der Waals surface area contributed by atoms with E-state index in [4.69, 9.17) is 16.9 Å². The van der Waals surface area contributed by atoms with Gasteiger partial charge >= 0.3 is 6.18 Å². The Morgan fingerprint density at radius 2 is 1.95 bits per heavy atom. The van der Waals surface area contributed by atoms with Gasteiger partial charge in [-0.3, -0.25) is 4.40 Å². The molecule has 0 fully saturated rings. The van der Waals surface area contributed by atoms with Crippen LogP contribution in [0.15, 0.2) is 36.7 Å². The standard InChI is InChI=1S/C14H6ClF3N4/c15-13-10(2-3-11(21-13)14(16,17)18)8-1-4-12-20-6-9(5-19)22(12)7-8/h1-4,6-7H. The van der Waals surface area contributed by atoms with Crippen LogP contribution < -0.4 is 0 Å². The highest BCUT2D eigenvalue weighted by Crippen LogP contribution is 2.33. The van der Waals surface area contributed by atoms with Gasteiger partial charge in [0.1, 0.15) is 28.3 Å². The molecule has 0 aromatic carbocycles. The first-order chi connectivity index (χ1) is 10.4. The molecule has 0 saturated heterocycles. The number of rotatable bonds is 1. The van der Waals surface area contributed by atoms with Gasteiger partial charge in [0.2, 0.25) is 0 Å². The zero-order chi connectivity index (χ0) is 15.9. The number of hydrogen-bond acceptors (Lipinski definition) is 3. The highest BCUT2D eigenvalue weighted by molar-refractivity contribution is 6.32. The second kappa shape index (κ2) is 5.00. The van der Waals surface area contributed by atoms with Gasteiger partial charge in [0.15, 0.2) is 0 Å². The van der Waals surface area contributed by atoms with Crippen molar-refractivity contribution >= 4 is 17.2 Å². The predicted octanol–water partition coefficient (Wildman–Crippen LogP) is 3.94. The normalized spacial score (nSPS) is 11.6. The molecule has 0 bridgehead atoms. The number of fused-ring (bicyclic) bond motifs is 1. The Morgan fingerprint density at radius 3 is 2.59 bits per heavy atom. The summed E-state index contributed by atoms with van der Waals surface area (Å²) in [5, 5.41) is 8.74. The molecule has 0 aliphatic heterocycles. The van der Waals surface area contributed by atoms with Gasteiger partial charge in [0.05, 0.1) is 6.20 Å². The lowest BCUT2D eigenvalue weighted by atomic mass is 10.1. The highest BCUT2D eigenvalue weighted by atomic mass is 35.5. The van der Waals surface area contributed by atoms with Gasteiger partial charge in [-0.2, -0.15) is 18.4 Å². The summed E-state index contributed by atoms with van der Waals surface area (Å²) >= 11 is 5.87. The van der Waals surface area contributed by atoms with E-state index in [0.29, 0.717) is 22.5 Å². The molecule has 0 unspecified atom stereocenters. The maximum atomic E-state index is 12.6. The minimum Gasteiger partial charge on any atom is -0.291 e. The first-order valence-corrected chi connectivity index (χ1v) is 6.39. The van der Waals surface area contributed by atoms with E-state index in [-0.39, 0.29) is 5.15 Å². The van der Waals surface area contributed by atoms with E-state index in [1.165, 1.54) is 16.7 Å². The molecule has 0 aliphatic rings. The summed E-state index contributed by atoms with van der Waals surface area (Å²) in [4.78, 5) is 7.42. The lowest BCUT2D eigenvalue weighted by molar-refractivity contribution is -0.141. The Bertz CT molecular complexity index is 909. The van der Waals surface area contributed by atoms with E-state index in [0.717, 1.165) is 6.07 Å². The van der Waals surface area contributed by atoms with Crippen LogP contribution in [0.5, 0.6) is 0 Å². The minimum atomic E-state index is -4.55. The maximum Gasteiger partial charge on any atom is 0.433 e. The summed E-state index contributed by atoms with van der Waals surface area (Å²) in [5.41, 5.74) is 0.689. The summed E-state index contributed by atoms with van der Waals surface area (Å²) in [6.45, 7) is 0. The van der Waals surface area contributed by atoms with Crippen LogP contribution in [-0.2, 0) is 6.18 Å². The van der Waals surface area contributed by atoms with Crippen LogP contribution >= 0.6 is 11.6 Å². The topological polar surface area (TPSA) is 54.0 Å². The van der Waals surface area contributed by atoms with E-state index in [2.05, 4.69) is 9.97 Å². The van der Waals surface area contributed by atoms with Crippen molar-refractivity contribution in [1.82, 2.24) is 14.4 Å². The average molecular weight is 323 g/mol. The number of hydrogen-bond donors (Lipinski definition) is 0. The average Bonchev–Trinajstić information content (AvgIpc) is 2.88. The Morgan fingerprint density at radius 1 is 1.18 bits per heavy atom. The van der Waals surface area contributed by atoms with Crippen molar-refractivity contribution in [3.8, 4) is 17.2 Å². The molecule has 0 N–H and O–H groups in total. The molecular formula is C14H6ClF3N4. The van der Waals surface area contributed by atoms with Crippen LogP contribution in [-0.4, -0.2) is 14.4 Å². The third-order valence-corrected chi connectivity index (χ3v) is 3.36. The molecule has 0 saturated carbocycles. The van der Waals surface area contributed by atoms with Gasteiger partial charge < -0.3 is 0 Å². The lowest BCUT2D eigenvalue weighted by Gasteiger charge is -2.09. The van der Waals surface area contributed by atoms with Crippen LogP contribution in [0.1, 0.15) is 11.4 Å². The molecule has 0 radical (unpaired) electrons. The minimum absolute atomic E-state index is 0.257. The fourth-order valence-corrected chi connectivity index (χ4v) is 2.29. The van der Waals surface area contributed by atoms with E-state index >= 15 is 0 Å². The second-order valence-corrected chi connectivity index (χ2v) is 4.79. The molecule has 22 heavy (non-hydrogen) atoms. The molecule has 0 amide bonds. The van der Waals surface area contributed by atoms with Crippen molar-refractivity contribution in [3.05, 3.63) is 53.2 Å². The van der Waals surface area contributed by atoms with Gasteiger partial charge in [-0.15, -0.1) is 0 Å². The number of aromatic nitrogens is 3. The van der Waals surface area contributed by atoms with Crippen LogP contribution in [0.2, 0.25) is 5.15 Å². The van der Waals surface area contributed by atoms with Crippen LogP contribution in [0.3, 0.4) is 0 Å². The monoisotopic (exact) mass is 322 g/mol. The molecular weight excluding hydrogens is 317 g/mol. The first kappa shape index (κ1) is 14.4. The Kier molecular flexibility index (Phi) is 3.26. The second-order valence-electron chi connectivity index (χ2n) is 4.43. The van der Waals surface area contributed by atoms with E-state index in [1.807, 2.05) is 6.07 Å². The molecule has 3 rings (SSSR count). The maximum absolute atomic E-state index is 12.6. The smallest absolute Gasteiger partial charge is 0.291 e. The summed E-state index contributed by atoms with van der Waals surface area (Å²) in [6.07, 6.45) is -1.56. The predicted molar refractivity (Wildman–Crippen MR) is 73.2 cm³/mol. The number of nitrogens with zero attached hydrogens (tertiary/aromatic N) is 4. The molecule has 0 aliphatic carbocycles. The highest BCUT2D eigenvalue weighted by Gasteiger charge is 2.33. The van der Waals surface area contributed by atoms with Gasteiger partial charge in [-0.25, -0.2) is 9.97 Å². The Balaban J connectivity index is 2.13. The lowest BCUT2D eigenvalue weighted by Crippen LogP contribution is -2.08. The largest absolute Gasteiger partial charge is 0.433 e. The molecule has 0 atom stereocenters. The van der Waals surface area contributed by atoms with Crippen molar-refractivity contribution < 1.29 is 13.2 Å². The third-order valence-electron chi connectivity index (χ3n) is 3.07. The van der Waals surface area contributed by atoms with Gasteiger partial charge in [0.25, 0.3) is 0 Å². The Labute approximate surface area is 127 Å². The van der Waals surface area contributed by atoms with E-state index in [1.54, 1.807) is 18.3 Å². The van der Waals surface area contributed by atoms with Crippen LogP contribution in [0, 0.1) is 11.3 Å². The third kappa shape index (κ3) is 2.38. The van der Waals surface area contributed by atoms with Gasteiger partial charge in [0, 0.05) is 17.3 Å². The first-order valence-electron chi connectivity index (χ1n) is 6.01. The number of alkyl halides is 3. The SMILES string of the molecule is N#Cc1cnc2ccc(-c3ccc(C(F)(F)F)nc3Cl)cn12. The summed E-state index contributed by atoms with van der Waals surface area (Å²) in [6, 6.07) is 7.39. The van der Waals surface area contributed by atoms with Crippen LogP contribution in [0.4, 0.5) is 13.2 Å². The van der Waals surface area contributed by atoms with Crippen LogP contribution in [0.25, 0.3) is 16.8 Å². The molecule has 110 valence electrons. The molecule has 3 heterocycles. The quantitative estimate of drug-likeness (QED) is 0.638. The van der Waals surface area contributed by atoms with Crippen molar-refractivity contribution in [1.29, 1.82) is 5.26 Å². The molecule has 8 heteroatoms. The number of nitriles is 1. The van der Waals surface area contributed by atoms with E-state index < -0.39 is 11.9 Å². The zero-order valence-corrected chi connectivity index (χ0v) is 11.5. The van der Waals surface area contributed by atoms with Crippen molar-refractivity contribution in [3.63, 3.8) is 0 Å². The molecule has 3 aromatic rings. The molecule has 4 nitrogen and oxygen atoms in total. The van der Waals surface area contributed by atoms with Gasteiger partial charge in [-0.1, -0.05) is 11.6 Å². The fraction of sp³-hybridized carbons (Fsp3) is 0.0714. The Hall–Kier alpha value is -2.59. The number of imidazole rings is 1. The number of pyridine rings is 2.